The number of aromatic nitrogens is 2. The molecule has 0 radical (unpaired) electrons. The molecule has 8 heteroatoms. The van der Waals surface area contributed by atoms with Gasteiger partial charge in [0.25, 0.3) is 5.56 Å². The third-order valence-corrected chi connectivity index (χ3v) is 7.48. The van der Waals surface area contributed by atoms with Gasteiger partial charge in [0.1, 0.15) is 10.6 Å². The molecular weight excluding hydrogens is 408 g/mol. The molecule has 6 nitrogen and oxygen atoms in total. The molecule has 5 rings (SSSR count). The highest BCUT2D eigenvalue weighted by molar-refractivity contribution is 7.99. The number of aryl methyl sites for hydroxylation is 2. The van der Waals surface area contributed by atoms with Crippen LogP contribution in [0.1, 0.15) is 23.3 Å². The highest BCUT2D eigenvalue weighted by atomic mass is 32.2. The molecule has 2 aliphatic rings. The second-order valence-electron chi connectivity index (χ2n) is 7.11. The summed E-state index contributed by atoms with van der Waals surface area (Å²) in [5, 5.41) is 1.46. The molecule has 152 valence electrons. The highest BCUT2D eigenvalue weighted by Crippen LogP contribution is 2.35. The van der Waals surface area contributed by atoms with Crippen LogP contribution in [0.5, 0.6) is 5.75 Å². The van der Waals surface area contributed by atoms with E-state index in [1.165, 1.54) is 28.6 Å². The lowest BCUT2D eigenvalue weighted by Gasteiger charge is -2.15. The number of hydrogen-bond acceptors (Lipinski definition) is 7. The molecule has 1 saturated heterocycles. The van der Waals surface area contributed by atoms with Crippen molar-refractivity contribution >= 4 is 33.3 Å². The first kappa shape index (κ1) is 19.1. The maximum Gasteiger partial charge on any atom is 0.267 e. The van der Waals surface area contributed by atoms with Crippen LogP contribution in [0.3, 0.4) is 0 Å². The van der Waals surface area contributed by atoms with Crippen LogP contribution in [-0.2, 0) is 22.3 Å². The zero-order chi connectivity index (χ0) is 19.8. The van der Waals surface area contributed by atoms with Crippen LogP contribution in [0.25, 0.3) is 15.9 Å². The van der Waals surface area contributed by atoms with E-state index < -0.39 is 0 Å². The predicted molar refractivity (Wildman–Crippen MR) is 115 cm³/mol. The van der Waals surface area contributed by atoms with Crippen LogP contribution in [-0.4, -0.2) is 41.9 Å². The number of methoxy groups -OCH3 is 1. The lowest BCUT2D eigenvalue weighted by atomic mass is 9.97. The molecule has 29 heavy (non-hydrogen) atoms. The van der Waals surface area contributed by atoms with E-state index in [2.05, 4.69) is 0 Å². The Morgan fingerprint density at radius 1 is 1.21 bits per heavy atom. The van der Waals surface area contributed by atoms with Crippen LogP contribution < -0.4 is 10.3 Å². The topological polar surface area (TPSA) is 62.6 Å². The maximum absolute atomic E-state index is 13.7. The fraction of sp³-hybridized carbons (Fsp3) is 0.429. The van der Waals surface area contributed by atoms with E-state index in [0.29, 0.717) is 24.1 Å². The van der Waals surface area contributed by atoms with Crippen LogP contribution in [0.15, 0.2) is 34.2 Å². The normalized spacial score (nSPS) is 17.0. The first-order valence-corrected chi connectivity index (χ1v) is 11.6. The van der Waals surface area contributed by atoms with Crippen molar-refractivity contribution in [3.05, 3.63) is 45.1 Å². The van der Waals surface area contributed by atoms with Gasteiger partial charge in [0.05, 0.1) is 37.2 Å². The van der Waals surface area contributed by atoms with Crippen molar-refractivity contribution in [2.75, 3.05) is 26.1 Å². The van der Waals surface area contributed by atoms with Crippen LogP contribution >= 0.6 is 23.1 Å². The number of rotatable bonds is 5. The Hall–Kier alpha value is -1.87. The molecule has 3 aromatic rings. The molecular formula is C21H22N2O4S2. The van der Waals surface area contributed by atoms with Gasteiger partial charge in [0.15, 0.2) is 11.4 Å². The smallest absolute Gasteiger partial charge is 0.267 e. The number of benzene rings is 1. The van der Waals surface area contributed by atoms with E-state index in [-0.39, 0.29) is 11.8 Å². The second kappa shape index (κ2) is 8.10. The van der Waals surface area contributed by atoms with Crippen LogP contribution in [0, 0.1) is 0 Å². The van der Waals surface area contributed by atoms with Gasteiger partial charge in [-0.2, -0.15) is 0 Å². The van der Waals surface area contributed by atoms with Crippen molar-refractivity contribution in [1.82, 2.24) is 9.55 Å². The summed E-state index contributed by atoms with van der Waals surface area (Å²) in [6.07, 6.45) is 4.07. The number of thioether (sulfide) groups is 1. The molecule has 0 bridgehead atoms. The van der Waals surface area contributed by atoms with Gasteiger partial charge in [-0.05, 0) is 55.5 Å². The zero-order valence-electron chi connectivity index (χ0n) is 16.2. The van der Waals surface area contributed by atoms with E-state index in [4.69, 9.17) is 19.2 Å². The third-order valence-electron chi connectivity index (χ3n) is 5.33. The largest absolute Gasteiger partial charge is 0.497 e. The molecule has 0 unspecified atom stereocenters. The van der Waals surface area contributed by atoms with Crippen molar-refractivity contribution in [3.8, 4) is 11.4 Å². The zero-order valence-corrected chi connectivity index (χ0v) is 17.8. The van der Waals surface area contributed by atoms with E-state index in [1.807, 2.05) is 24.3 Å². The molecule has 1 aliphatic carbocycles. The predicted octanol–water partition coefficient (Wildman–Crippen LogP) is 3.80. The molecule has 0 spiro atoms. The Morgan fingerprint density at radius 2 is 1.97 bits per heavy atom. The summed E-state index contributed by atoms with van der Waals surface area (Å²) in [5.41, 5.74) is 2.00. The summed E-state index contributed by atoms with van der Waals surface area (Å²) >= 11 is 3.18. The number of thiophene rings is 1. The third kappa shape index (κ3) is 3.59. The number of nitrogens with zero attached hydrogens (tertiary/aromatic N) is 2. The molecule has 0 saturated carbocycles. The summed E-state index contributed by atoms with van der Waals surface area (Å²) in [6, 6.07) is 7.54. The summed E-state index contributed by atoms with van der Waals surface area (Å²) in [5.74, 6) is 1.35. The summed E-state index contributed by atoms with van der Waals surface area (Å²) < 4.78 is 18.1. The number of fused-ring (bicyclic) bond motifs is 3. The molecule has 2 aromatic heterocycles. The molecule has 0 amide bonds. The minimum Gasteiger partial charge on any atom is -0.497 e. The standard InChI is InChI=1S/C21H22N2O4S2/c1-25-14-8-6-13(7-9-14)23-20(24)18-15-4-2-3-5-16(15)29-19(18)22-21(23)28-12-17-26-10-11-27-17/h6-9,17H,2-5,10-12H2,1H3. The van der Waals surface area contributed by atoms with Crippen molar-refractivity contribution in [1.29, 1.82) is 0 Å². The van der Waals surface area contributed by atoms with Crippen molar-refractivity contribution in [2.24, 2.45) is 0 Å². The first-order valence-electron chi connectivity index (χ1n) is 9.82. The lowest BCUT2D eigenvalue weighted by Crippen LogP contribution is -2.23. The second-order valence-corrected chi connectivity index (χ2v) is 9.18. The number of hydrogen-bond donors (Lipinski definition) is 0. The highest BCUT2D eigenvalue weighted by Gasteiger charge is 2.24. The van der Waals surface area contributed by atoms with E-state index >= 15 is 0 Å². The molecule has 1 fully saturated rings. The lowest BCUT2D eigenvalue weighted by molar-refractivity contribution is -0.0215. The Morgan fingerprint density at radius 3 is 2.72 bits per heavy atom. The van der Waals surface area contributed by atoms with Crippen molar-refractivity contribution in [2.45, 2.75) is 37.1 Å². The Kier molecular flexibility index (Phi) is 5.34. The van der Waals surface area contributed by atoms with Gasteiger partial charge in [0, 0.05) is 4.88 Å². The SMILES string of the molecule is COc1ccc(-n2c(SCC3OCCO3)nc3sc4c(c3c2=O)CCCC4)cc1. The Balaban J connectivity index is 1.64. The van der Waals surface area contributed by atoms with E-state index in [0.717, 1.165) is 40.9 Å². The fourth-order valence-corrected chi connectivity index (χ4v) is 6.15. The van der Waals surface area contributed by atoms with Gasteiger partial charge in [0.2, 0.25) is 0 Å². The average molecular weight is 431 g/mol. The average Bonchev–Trinajstić information content (AvgIpc) is 3.40. The van der Waals surface area contributed by atoms with E-state index in [9.17, 15) is 4.79 Å². The summed E-state index contributed by atoms with van der Waals surface area (Å²) in [6.45, 7) is 1.22. The van der Waals surface area contributed by atoms with Gasteiger partial charge >= 0.3 is 0 Å². The molecule has 1 aromatic carbocycles. The Bertz CT molecular complexity index is 1080. The van der Waals surface area contributed by atoms with Gasteiger partial charge in [-0.25, -0.2) is 4.98 Å². The molecule has 3 heterocycles. The van der Waals surface area contributed by atoms with Gasteiger partial charge in [-0.3, -0.25) is 9.36 Å². The molecule has 1 aliphatic heterocycles. The summed E-state index contributed by atoms with van der Waals surface area (Å²) in [7, 11) is 1.63. The first-order chi connectivity index (χ1) is 14.2. The number of ether oxygens (including phenoxy) is 3. The van der Waals surface area contributed by atoms with Crippen molar-refractivity contribution < 1.29 is 14.2 Å². The minimum atomic E-state index is -0.256. The van der Waals surface area contributed by atoms with Crippen LogP contribution in [0.4, 0.5) is 0 Å². The molecule has 0 N–H and O–H groups in total. The van der Waals surface area contributed by atoms with Crippen LogP contribution in [0.2, 0.25) is 0 Å². The minimum absolute atomic E-state index is 0.00956. The van der Waals surface area contributed by atoms with E-state index in [1.54, 1.807) is 23.0 Å². The van der Waals surface area contributed by atoms with Crippen molar-refractivity contribution in [3.63, 3.8) is 0 Å². The van der Waals surface area contributed by atoms with Gasteiger partial charge in [-0.1, -0.05) is 11.8 Å². The Labute approximate surface area is 176 Å². The fourth-order valence-electron chi connectivity index (χ4n) is 3.89. The monoisotopic (exact) mass is 430 g/mol. The summed E-state index contributed by atoms with van der Waals surface area (Å²) in [4.78, 5) is 20.7. The maximum atomic E-state index is 13.7. The van der Waals surface area contributed by atoms with Gasteiger partial charge < -0.3 is 14.2 Å². The molecule has 0 atom stereocenters. The quantitative estimate of drug-likeness (QED) is 0.453. The van der Waals surface area contributed by atoms with Gasteiger partial charge in [-0.15, -0.1) is 11.3 Å².